The van der Waals surface area contributed by atoms with Crippen LogP contribution < -0.4 is 5.73 Å². The Hall–Kier alpha value is -0.220. The maximum atomic E-state index is 5.74. The lowest BCUT2D eigenvalue weighted by Gasteiger charge is -2.18. The predicted octanol–water partition coefficient (Wildman–Crippen LogP) is 2.99. The second-order valence-electron chi connectivity index (χ2n) is 3.35. The molecule has 1 aromatic rings. The predicted molar refractivity (Wildman–Crippen MR) is 60.3 cm³/mol. The van der Waals surface area contributed by atoms with Crippen LogP contribution in [0.4, 0.5) is 5.82 Å². The summed E-state index contributed by atoms with van der Waals surface area (Å²) in [5.74, 6) is 2.01. The van der Waals surface area contributed by atoms with Crippen molar-refractivity contribution in [3.63, 3.8) is 0 Å². The molecular formula is C9H14N2S2. The van der Waals surface area contributed by atoms with E-state index in [1.807, 2.05) is 18.7 Å². The van der Waals surface area contributed by atoms with Gasteiger partial charge in [0.2, 0.25) is 0 Å². The first kappa shape index (κ1) is 9.34. The molecule has 1 saturated heterocycles. The van der Waals surface area contributed by atoms with Gasteiger partial charge in [0.1, 0.15) is 10.8 Å². The van der Waals surface area contributed by atoms with E-state index in [9.17, 15) is 0 Å². The zero-order valence-corrected chi connectivity index (χ0v) is 9.38. The first-order valence-corrected chi connectivity index (χ1v) is 6.48. The molecular weight excluding hydrogens is 200 g/mol. The molecule has 13 heavy (non-hydrogen) atoms. The molecule has 2 rings (SSSR count). The largest absolute Gasteiger partial charge is 0.383 e. The Kier molecular flexibility index (Phi) is 2.79. The summed E-state index contributed by atoms with van der Waals surface area (Å²) in [7, 11) is 0. The van der Waals surface area contributed by atoms with Gasteiger partial charge in [-0.15, -0.1) is 11.3 Å². The lowest BCUT2D eigenvalue weighted by Crippen LogP contribution is -2.01. The molecule has 4 heteroatoms. The molecule has 0 aliphatic carbocycles. The third-order valence-corrected chi connectivity index (χ3v) is 4.94. The van der Waals surface area contributed by atoms with Gasteiger partial charge in [-0.25, -0.2) is 4.98 Å². The maximum Gasteiger partial charge on any atom is 0.137 e. The van der Waals surface area contributed by atoms with E-state index in [0.717, 1.165) is 5.82 Å². The summed E-state index contributed by atoms with van der Waals surface area (Å²) in [6.07, 6.45) is 3.98. The number of aryl methyl sites for hydroxylation is 1. The van der Waals surface area contributed by atoms with Crippen LogP contribution >= 0.6 is 23.1 Å². The average Bonchev–Trinajstić information content (AvgIpc) is 2.49. The zero-order valence-electron chi connectivity index (χ0n) is 7.75. The van der Waals surface area contributed by atoms with E-state index >= 15 is 0 Å². The van der Waals surface area contributed by atoms with Gasteiger partial charge in [-0.3, -0.25) is 0 Å². The van der Waals surface area contributed by atoms with Crippen molar-refractivity contribution in [3.05, 3.63) is 9.88 Å². The summed E-state index contributed by atoms with van der Waals surface area (Å²) in [6, 6.07) is 0. The number of aromatic nitrogens is 1. The molecule has 1 atom stereocenters. The molecule has 0 spiro atoms. The molecule has 0 radical (unpaired) electrons. The summed E-state index contributed by atoms with van der Waals surface area (Å²) in [5, 5.41) is 1.86. The van der Waals surface area contributed by atoms with Crippen molar-refractivity contribution < 1.29 is 0 Å². The minimum absolute atomic E-state index is 0.620. The normalized spacial score (nSPS) is 23.3. The number of hydrogen-bond donors (Lipinski definition) is 1. The van der Waals surface area contributed by atoms with E-state index in [1.54, 1.807) is 11.3 Å². The van der Waals surface area contributed by atoms with Gasteiger partial charge in [-0.2, -0.15) is 11.8 Å². The van der Waals surface area contributed by atoms with E-state index in [1.165, 1.54) is 34.9 Å². The Balaban J connectivity index is 2.14. The van der Waals surface area contributed by atoms with Crippen molar-refractivity contribution in [2.24, 2.45) is 0 Å². The van der Waals surface area contributed by atoms with E-state index < -0.39 is 0 Å². The Labute approximate surface area is 86.9 Å². The number of nitrogens with two attached hydrogens (primary N) is 1. The van der Waals surface area contributed by atoms with Gasteiger partial charge in [-0.05, 0) is 25.5 Å². The lowest BCUT2D eigenvalue weighted by molar-refractivity contribution is 0.684. The van der Waals surface area contributed by atoms with Crippen molar-refractivity contribution in [1.29, 1.82) is 0 Å². The molecule has 1 unspecified atom stereocenters. The molecule has 1 aromatic heterocycles. The Morgan fingerprint density at radius 2 is 2.31 bits per heavy atom. The van der Waals surface area contributed by atoms with E-state index in [-0.39, 0.29) is 0 Å². The van der Waals surface area contributed by atoms with Gasteiger partial charge in [0.05, 0.1) is 5.25 Å². The lowest BCUT2D eigenvalue weighted by atomic mass is 10.2. The molecule has 2 nitrogen and oxygen atoms in total. The van der Waals surface area contributed by atoms with Crippen LogP contribution in [0.1, 0.15) is 34.4 Å². The summed E-state index contributed by atoms with van der Waals surface area (Å²) < 4.78 is 0. The third kappa shape index (κ3) is 1.99. The number of nitrogens with zero attached hydrogens (tertiary/aromatic N) is 1. The van der Waals surface area contributed by atoms with Crippen LogP contribution in [0.25, 0.3) is 0 Å². The molecule has 1 fully saturated rings. The van der Waals surface area contributed by atoms with Crippen LogP contribution in [0.15, 0.2) is 0 Å². The molecule has 2 N–H and O–H groups in total. The average molecular weight is 214 g/mol. The molecule has 0 bridgehead atoms. The van der Waals surface area contributed by atoms with Gasteiger partial charge >= 0.3 is 0 Å². The zero-order chi connectivity index (χ0) is 9.26. The molecule has 0 aromatic carbocycles. The first-order chi connectivity index (χ1) is 6.27. The first-order valence-electron chi connectivity index (χ1n) is 4.62. The number of thioether (sulfide) groups is 1. The number of hydrogen-bond acceptors (Lipinski definition) is 4. The quantitative estimate of drug-likeness (QED) is 0.781. The van der Waals surface area contributed by atoms with E-state index in [4.69, 9.17) is 5.73 Å². The Bertz CT molecular complexity index is 270. The van der Waals surface area contributed by atoms with Crippen molar-refractivity contribution >= 4 is 28.9 Å². The highest BCUT2D eigenvalue weighted by Crippen LogP contribution is 2.40. The Morgan fingerprint density at radius 3 is 2.85 bits per heavy atom. The summed E-state index contributed by atoms with van der Waals surface area (Å²) in [5.41, 5.74) is 5.74. The maximum absolute atomic E-state index is 5.74. The molecule has 2 heterocycles. The number of thiazole rings is 1. The number of rotatable bonds is 1. The van der Waals surface area contributed by atoms with Crippen molar-refractivity contribution in [1.82, 2.24) is 4.98 Å². The van der Waals surface area contributed by atoms with Crippen molar-refractivity contribution in [3.8, 4) is 0 Å². The Morgan fingerprint density at radius 1 is 1.46 bits per heavy atom. The molecule has 1 aliphatic heterocycles. The standard InChI is InChI=1S/C9H14N2S2/c1-6-8(10)11-9(13-6)7-4-2-3-5-12-7/h7H,2-5,10H2,1H3. The second-order valence-corrected chi connectivity index (χ2v) is 5.89. The van der Waals surface area contributed by atoms with Crippen LogP contribution in [0.3, 0.4) is 0 Å². The minimum atomic E-state index is 0.620. The highest BCUT2D eigenvalue weighted by Gasteiger charge is 2.19. The van der Waals surface area contributed by atoms with Crippen molar-refractivity contribution in [2.75, 3.05) is 11.5 Å². The second kappa shape index (κ2) is 3.88. The fraction of sp³-hybridized carbons (Fsp3) is 0.667. The van der Waals surface area contributed by atoms with Crippen LogP contribution in [-0.2, 0) is 0 Å². The van der Waals surface area contributed by atoms with Gasteiger partial charge in [0, 0.05) is 4.88 Å². The smallest absolute Gasteiger partial charge is 0.137 e. The van der Waals surface area contributed by atoms with Gasteiger partial charge in [0.25, 0.3) is 0 Å². The van der Waals surface area contributed by atoms with Crippen LogP contribution in [-0.4, -0.2) is 10.7 Å². The molecule has 1 aliphatic rings. The summed E-state index contributed by atoms with van der Waals surface area (Å²) >= 11 is 3.79. The highest BCUT2D eigenvalue weighted by atomic mass is 32.2. The van der Waals surface area contributed by atoms with Crippen LogP contribution in [0.2, 0.25) is 0 Å². The topological polar surface area (TPSA) is 38.9 Å². The van der Waals surface area contributed by atoms with Crippen LogP contribution in [0, 0.1) is 6.92 Å². The molecule has 0 amide bonds. The highest BCUT2D eigenvalue weighted by molar-refractivity contribution is 7.99. The van der Waals surface area contributed by atoms with Gasteiger partial charge < -0.3 is 5.73 Å². The fourth-order valence-corrected chi connectivity index (χ4v) is 3.89. The minimum Gasteiger partial charge on any atom is -0.383 e. The molecule has 72 valence electrons. The van der Waals surface area contributed by atoms with Gasteiger partial charge in [-0.1, -0.05) is 6.42 Å². The number of anilines is 1. The molecule has 0 saturated carbocycles. The van der Waals surface area contributed by atoms with E-state index in [2.05, 4.69) is 4.98 Å². The summed E-state index contributed by atoms with van der Waals surface area (Å²) in [6.45, 7) is 2.05. The SMILES string of the molecule is Cc1sc(C2CCCCS2)nc1N. The monoisotopic (exact) mass is 214 g/mol. The third-order valence-electron chi connectivity index (χ3n) is 2.30. The van der Waals surface area contributed by atoms with E-state index in [0.29, 0.717) is 5.25 Å². The van der Waals surface area contributed by atoms with Crippen LogP contribution in [0.5, 0.6) is 0 Å². The summed E-state index contributed by atoms with van der Waals surface area (Å²) in [4.78, 5) is 5.58. The number of nitrogen functional groups attached to an aromatic ring is 1. The fourth-order valence-electron chi connectivity index (χ4n) is 1.50. The van der Waals surface area contributed by atoms with Crippen molar-refractivity contribution in [2.45, 2.75) is 31.4 Å². The van der Waals surface area contributed by atoms with Gasteiger partial charge in [0.15, 0.2) is 0 Å².